The van der Waals surface area contributed by atoms with E-state index in [0.29, 0.717) is 116 Å². The predicted molar refractivity (Wildman–Crippen MR) is 297 cm³/mol. The fraction of sp³-hybridized carbons (Fsp3) is 0.288. The van der Waals surface area contributed by atoms with E-state index in [1.54, 1.807) is 45.0 Å². The summed E-state index contributed by atoms with van der Waals surface area (Å²) in [4.78, 5) is 51.9. The quantitative estimate of drug-likeness (QED) is 0.0263. The largest absolute Gasteiger partial charge is 0.496 e. The van der Waals surface area contributed by atoms with Crippen molar-refractivity contribution in [1.29, 1.82) is 0 Å². The summed E-state index contributed by atoms with van der Waals surface area (Å²) in [6.07, 6.45) is 6.55. The third-order valence-corrected chi connectivity index (χ3v) is 13.9. The van der Waals surface area contributed by atoms with Crippen LogP contribution in [0.1, 0.15) is 85.6 Å². The van der Waals surface area contributed by atoms with Crippen LogP contribution in [-0.4, -0.2) is 79.9 Å². The van der Waals surface area contributed by atoms with Gasteiger partial charge in [-0.25, -0.2) is 24.4 Å². The third-order valence-electron chi connectivity index (χ3n) is 13.5. The molecule has 77 heavy (non-hydrogen) atoms. The summed E-state index contributed by atoms with van der Waals surface area (Å²) in [5, 5.41) is 12.2. The van der Waals surface area contributed by atoms with Gasteiger partial charge in [-0.3, -0.25) is 4.68 Å². The molecule has 0 aliphatic carbocycles. The molecule has 0 radical (unpaired) electrons. The number of amidine groups is 2. The molecule has 8 rings (SSSR count). The summed E-state index contributed by atoms with van der Waals surface area (Å²) in [6, 6.07) is 32.0. The minimum atomic E-state index is -0.754. The van der Waals surface area contributed by atoms with Crippen molar-refractivity contribution in [2.75, 3.05) is 45.9 Å². The minimum absolute atomic E-state index is 0.0715. The van der Waals surface area contributed by atoms with Crippen LogP contribution in [0.2, 0.25) is 5.02 Å². The van der Waals surface area contributed by atoms with E-state index in [0.717, 1.165) is 11.1 Å². The standard InChI is InChI=1S/C59H64ClN9O8/c1-6-43-51(59(72)77-30-29-69-34-41-48(36-21-12-15-24-42(36)60)53(58(71)76-8-3)45(67-56(41)68-69)31-35-19-10-9-11-20-35)50(38-23-14-17-27-47(38)74-5)40(55(63)65-43)33-64-28-18-25-44-52(57(70)75-7-2)49(39(32-61)54(62)66-44)37-22-13-16-26-46(37)73-4/h9-17,19-24,26-27,32-34,48-50,64H,6-8,18,25,28-31,61H2,1-5H3,(H2,62,66)(H2,63,65)(H,67,68)/b39-32-,40-33-. The highest BCUT2D eigenvalue weighted by atomic mass is 35.5. The average Bonchev–Trinajstić information content (AvgIpc) is 3.90. The molecule has 3 atom stereocenters. The number of carbonyl (C=O) groups excluding carboxylic acids is 3. The monoisotopic (exact) mass is 1060 g/mol. The van der Waals surface area contributed by atoms with Gasteiger partial charge in [0, 0.05) is 76.0 Å². The van der Waals surface area contributed by atoms with Gasteiger partial charge in [0.15, 0.2) is 5.82 Å². The summed E-state index contributed by atoms with van der Waals surface area (Å²) < 4.78 is 30.7. The maximum atomic E-state index is 14.7. The Bertz CT molecular complexity index is 3250. The smallest absolute Gasteiger partial charge is 0.336 e. The number of aromatic nitrogens is 2. The van der Waals surface area contributed by atoms with Crippen LogP contribution in [0.3, 0.4) is 0 Å². The molecule has 0 bridgehead atoms. The molecule has 4 aromatic carbocycles. The van der Waals surface area contributed by atoms with Crippen LogP contribution in [0.15, 0.2) is 177 Å². The minimum Gasteiger partial charge on any atom is -0.496 e. The predicted octanol–water partition coefficient (Wildman–Crippen LogP) is 8.60. The molecule has 0 fully saturated rings. The Labute approximate surface area is 453 Å². The van der Waals surface area contributed by atoms with Crippen LogP contribution < -0.4 is 37.3 Å². The number of esters is 3. The molecular formula is C59H64ClN9O8. The summed E-state index contributed by atoms with van der Waals surface area (Å²) in [6.45, 7) is 6.22. The average molecular weight is 1060 g/mol. The Balaban J connectivity index is 1.05. The number of hydrogen-bond acceptors (Lipinski definition) is 16. The van der Waals surface area contributed by atoms with Gasteiger partial charge in [-0.05, 0) is 62.4 Å². The molecule has 400 valence electrons. The lowest BCUT2D eigenvalue weighted by atomic mass is 9.80. The van der Waals surface area contributed by atoms with Crippen molar-refractivity contribution in [1.82, 2.24) is 15.1 Å². The molecule has 4 heterocycles. The lowest BCUT2D eigenvalue weighted by molar-refractivity contribution is -0.140. The van der Waals surface area contributed by atoms with Gasteiger partial charge in [0.05, 0.1) is 73.9 Å². The topological polar surface area (TPSA) is 242 Å². The van der Waals surface area contributed by atoms with Crippen molar-refractivity contribution in [2.24, 2.45) is 27.2 Å². The first-order chi connectivity index (χ1) is 37.5. The van der Waals surface area contributed by atoms with Crippen molar-refractivity contribution < 1.29 is 38.1 Å². The molecule has 0 saturated carbocycles. The van der Waals surface area contributed by atoms with Crippen LogP contribution in [0.25, 0.3) is 0 Å². The Morgan fingerprint density at radius 2 is 1.25 bits per heavy atom. The fourth-order valence-electron chi connectivity index (χ4n) is 10.1. The van der Waals surface area contributed by atoms with Crippen LogP contribution in [-0.2, 0) is 41.6 Å². The molecule has 0 saturated heterocycles. The van der Waals surface area contributed by atoms with Crippen molar-refractivity contribution in [2.45, 2.75) is 70.8 Å². The highest BCUT2D eigenvalue weighted by Crippen LogP contribution is 2.46. The Morgan fingerprint density at radius 1 is 0.688 bits per heavy atom. The number of ether oxygens (including phenoxy) is 5. The van der Waals surface area contributed by atoms with E-state index >= 15 is 0 Å². The van der Waals surface area contributed by atoms with Gasteiger partial charge in [-0.15, -0.1) is 0 Å². The second-order valence-corrected chi connectivity index (χ2v) is 18.5. The fourth-order valence-corrected chi connectivity index (χ4v) is 10.3. The van der Waals surface area contributed by atoms with Gasteiger partial charge >= 0.3 is 17.9 Å². The van der Waals surface area contributed by atoms with E-state index in [4.69, 9.17) is 62.6 Å². The SMILES string of the molecule is CCOC(=O)C1=C(CCCN/C=C2\C(N)=NC(CC)=C(C(=O)OCCn3cc4c(n3)NC(Cc3ccccc3)=C(C(=O)OCC)C4c3ccccc3Cl)C2c2ccccc2OC)N=C(N)/C(=C\N)C1c1ccccc1OC. The van der Waals surface area contributed by atoms with Gasteiger partial charge in [-0.1, -0.05) is 103 Å². The van der Waals surface area contributed by atoms with E-state index in [-0.39, 0.29) is 38.0 Å². The number of fused-ring (bicyclic) bond motifs is 1. The number of methoxy groups -OCH3 is 2. The number of nitrogens with zero attached hydrogens (tertiary/aromatic N) is 4. The Kier molecular flexibility index (Phi) is 18.0. The Morgan fingerprint density at radius 3 is 1.87 bits per heavy atom. The lowest BCUT2D eigenvalue weighted by Crippen LogP contribution is -2.31. The van der Waals surface area contributed by atoms with Crippen molar-refractivity contribution in [3.63, 3.8) is 0 Å². The summed E-state index contributed by atoms with van der Waals surface area (Å²) >= 11 is 6.88. The zero-order chi connectivity index (χ0) is 54.6. The first-order valence-corrected chi connectivity index (χ1v) is 26.0. The number of benzene rings is 4. The number of nitrogens with two attached hydrogens (primary N) is 3. The Hall–Kier alpha value is -8.57. The number of aliphatic imine (C=N–C) groups is 2. The van der Waals surface area contributed by atoms with Gasteiger partial charge < -0.3 is 51.5 Å². The molecule has 0 spiro atoms. The number of para-hydroxylation sites is 2. The zero-order valence-electron chi connectivity index (χ0n) is 43.8. The number of carbonyl (C=O) groups is 3. The molecule has 17 nitrogen and oxygen atoms in total. The third kappa shape index (κ3) is 11.8. The number of nitrogens with one attached hydrogen (secondary N) is 2. The highest BCUT2D eigenvalue weighted by Gasteiger charge is 2.40. The van der Waals surface area contributed by atoms with Gasteiger partial charge in [0.1, 0.15) is 29.8 Å². The molecule has 8 N–H and O–H groups in total. The normalized spacial score (nSPS) is 18.3. The molecule has 18 heteroatoms. The maximum Gasteiger partial charge on any atom is 0.336 e. The van der Waals surface area contributed by atoms with E-state index in [9.17, 15) is 14.4 Å². The molecule has 3 aliphatic heterocycles. The molecule has 1 aromatic heterocycles. The number of allylic oxidation sites excluding steroid dienone is 3. The van der Waals surface area contributed by atoms with Crippen LogP contribution in [0.5, 0.6) is 11.5 Å². The van der Waals surface area contributed by atoms with Gasteiger partial charge in [0.25, 0.3) is 0 Å². The summed E-state index contributed by atoms with van der Waals surface area (Å²) in [5.74, 6) is -1.64. The van der Waals surface area contributed by atoms with Crippen molar-refractivity contribution >= 4 is 47.0 Å². The second kappa shape index (κ2) is 25.3. The number of rotatable bonds is 21. The van der Waals surface area contributed by atoms with Crippen LogP contribution in [0.4, 0.5) is 5.82 Å². The van der Waals surface area contributed by atoms with E-state index in [1.807, 2.05) is 110 Å². The van der Waals surface area contributed by atoms with Crippen molar-refractivity contribution in [3.8, 4) is 11.5 Å². The zero-order valence-corrected chi connectivity index (χ0v) is 44.6. The maximum absolute atomic E-state index is 14.7. The summed E-state index contributed by atoms with van der Waals surface area (Å²) in [7, 11) is 3.13. The molecule has 3 unspecified atom stereocenters. The van der Waals surface area contributed by atoms with Gasteiger partial charge in [-0.2, -0.15) is 5.10 Å². The van der Waals surface area contributed by atoms with Crippen LogP contribution >= 0.6 is 11.6 Å². The van der Waals surface area contributed by atoms with E-state index in [2.05, 4.69) is 15.6 Å². The van der Waals surface area contributed by atoms with E-state index < -0.39 is 35.7 Å². The second-order valence-electron chi connectivity index (χ2n) is 18.1. The molecule has 5 aromatic rings. The molecule has 3 aliphatic rings. The van der Waals surface area contributed by atoms with E-state index in [1.165, 1.54) is 6.20 Å². The lowest BCUT2D eigenvalue weighted by Gasteiger charge is -2.29. The molecule has 0 amide bonds. The number of anilines is 1. The summed E-state index contributed by atoms with van der Waals surface area (Å²) in [5.41, 5.74) is 26.8. The number of hydrogen-bond donors (Lipinski definition) is 5. The molecular weight excluding hydrogens is 998 g/mol. The highest BCUT2D eigenvalue weighted by molar-refractivity contribution is 6.31. The first-order valence-electron chi connectivity index (χ1n) is 25.6. The number of halogens is 1. The van der Waals surface area contributed by atoms with Crippen LogP contribution in [0, 0.1) is 0 Å². The van der Waals surface area contributed by atoms with Gasteiger partial charge in [0.2, 0.25) is 0 Å². The first kappa shape index (κ1) is 54.7. The van der Waals surface area contributed by atoms with Crippen molar-refractivity contribution in [3.05, 3.63) is 200 Å².